The third-order valence-corrected chi connectivity index (χ3v) is 9.60. The van der Waals surface area contributed by atoms with Crippen LogP contribution in [0.4, 0.5) is 4.79 Å². The van der Waals surface area contributed by atoms with Crippen molar-refractivity contribution in [2.75, 3.05) is 20.1 Å². The summed E-state index contributed by atoms with van der Waals surface area (Å²) < 4.78 is 13.3. The fraction of sp³-hybridized carbons (Fsp3) is 0.279. The summed E-state index contributed by atoms with van der Waals surface area (Å²) in [5.41, 5.74) is 7.39. The first-order chi connectivity index (χ1) is 25.3. The lowest BCUT2D eigenvalue weighted by atomic mass is 9.90. The van der Waals surface area contributed by atoms with Crippen molar-refractivity contribution >= 4 is 6.03 Å². The average molecular weight is 702 g/mol. The quantitative estimate of drug-likeness (QED) is 0.0896. The van der Waals surface area contributed by atoms with Gasteiger partial charge in [0.15, 0.2) is 6.29 Å². The molecule has 0 spiro atoms. The zero-order chi connectivity index (χ0) is 36.5. The number of carbonyl (C=O) groups is 1. The van der Waals surface area contributed by atoms with Crippen molar-refractivity contribution in [3.63, 3.8) is 0 Å². The maximum absolute atomic E-state index is 12.6. The fourth-order valence-electron chi connectivity index (χ4n) is 6.63. The summed E-state index contributed by atoms with van der Waals surface area (Å²) in [4.78, 5) is 14.6. The third-order valence-electron chi connectivity index (χ3n) is 9.60. The second-order valence-electron chi connectivity index (χ2n) is 13.5. The molecule has 9 nitrogen and oxygen atoms in total. The van der Waals surface area contributed by atoms with Crippen LogP contribution in [0.1, 0.15) is 58.8 Å². The van der Waals surface area contributed by atoms with E-state index in [1.165, 1.54) is 0 Å². The third kappa shape index (κ3) is 9.44. The van der Waals surface area contributed by atoms with E-state index < -0.39 is 12.4 Å². The van der Waals surface area contributed by atoms with E-state index in [0.717, 1.165) is 38.9 Å². The number of nitrogens with one attached hydrogen (secondary N) is 2. The van der Waals surface area contributed by atoms with Gasteiger partial charge in [0.2, 0.25) is 0 Å². The molecule has 270 valence electrons. The number of aliphatic hydroxyl groups excluding tert-OH is 2. The normalized spacial score (nSPS) is 19.2. The molecule has 9 heteroatoms. The molecule has 1 saturated heterocycles. The lowest BCUT2D eigenvalue weighted by Gasteiger charge is -2.42. The summed E-state index contributed by atoms with van der Waals surface area (Å²) in [5.74, 6) is 0.0896. The number of phenolic OH excluding ortho intramolecular Hbond substituents is 1. The van der Waals surface area contributed by atoms with Crippen molar-refractivity contribution in [3.8, 4) is 16.9 Å². The van der Waals surface area contributed by atoms with Crippen LogP contribution in [0.3, 0.4) is 0 Å². The molecular weight excluding hydrogens is 654 g/mol. The SMILES string of the molecule is C[C@H]1[C@@H](CN(C)C[C@@H](O)c2cccc(O)c2)O[C@@H](c2ccc(-c3ccccc3CNC(=O)NCc3ccccc3)cc2)O[C@H]1c1ccc(CO)cc1. The Bertz CT molecular complexity index is 1890. The predicted octanol–water partition coefficient (Wildman–Crippen LogP) is 7.01. The van der Waals surface area contributed by atoms with Crippen LogP contribution in [0.15, 0.2) is 127 Å². The maximum Gasteiger partial charge on any atom is 0.315 e. The van der Waals surface area contributed by atoms with Gasteiger partial charge in [-0.15, -0.1) is 0 Å². The van der Waals surface area contributed by atoms with Crippen LogP contribution in [-0.4, -0.2) is 52.5 Å². The minimum Gasteiger partial charge on any atom is -0.508 e. The van der Waals surface area contributed by atoms with Gasteiger partial charge in [-0.1, -0.05) is 122 Å². The van der Waals surface area contributed by atoms with E-state index in [1.807, 2.05) is 115 Å². The van der Waals surface area contributed by atoms with Crippen LogP contribution in [0.2, 0.25) is 0 Å². The molecule has 0 saturated carbocycles. The molecule has 0 radical (unpaired) electrons. The molecular formula is C43H47N3O6. The van der Waals surface area contributed by atoms with E-state index in [1.54, 1.807) is 24.3 Å². The lowest BCUT2D eigenvalue weighted by molar-refractivity contribution is -0.276. The van der Waals surface area contributed by atoms with Gasteiger partial charge < -0.3 is 40.3 Å². The number of hydrogen-bond acceptors (Lipinski definition) is 7. The number of aliphatic hydroxyl groups is 2. The van der Waals surface area contributed by atoms with Gasteiger partial charge in [-0.05, 0) is 58.1 Å². The Morgan fingerprint density at radius 2 is 1.48 bits per heavy atom. The van der Waals surface area contributed by atoms with Gasteiger partial charge in [0.05, 0.1) is 24.9 Å². The Labute approximate surface area is 305 Å². The van der Waals surface area contributed by atoms with Gasteiger partial charge in [0.25, 0.3) is 0 Å². The van der Waals surface area contributed by atoms with Crippen LogP contribution >= 0.6 is 0 Å². The Hall–Kier alpha value is -5.03. The molecule has 5 aromatic carbocycles. The Morgan fingerprint density at radius 3 is 2.21 bits per heavy atom. The molecule has 1 aliphatic rings. The number of rotatable bonds is 13. The van der Waals surface area contributed by atoms with Crippen LogP contribution in [0.5, 0.6) is 5.75 Å². The summed E-state index contributed by atoms with van der Waals surface area (Å²) >= 11 is 0. The molecule has 6 rings (SSSR count). The van der Waals surface area contributed by atoms with Gasteiger partial charge in [0.1, 0.15) is 5.75 Å². The zero-order valence-corrected chi connectivity index (χ0v) is 29.6. The van der Waals surface area contributed by atoms with Crippen molar-refractivity contribution < 1.29 is 29.6 Å². The number of phenols is 1. The molecule has 1 aliphatic heterocycles. The minimum atomic E-state index is -0.779. The average Bonchev–Trinajstić information content (AvgIpc) is 3.17. The molecule has 1 heterocycles. The molecule has 52 heavy (non-hydrogen) atoms. The zero-order valence-electron chi connectivity index (χ0n) is 29.6. The minimum absolute atomic E-state index is 0.0277. The first kappa shape index (κ1) is 36.8. The highest BCUT2D eigenvalue weighted by molar-refractivity contribution is 5.75. The van der Waals surface area contributed by atoms with Crippen LogP contribution in [0.25, 0.3) is 11.1 Å². The van der Waals surface area contributed by atoms with Crippen LogP contribution in [0, 0.1) is 5.92 Å². The molecule has 5 aromatic rings. The summed E-state index contributed by atoms with van der Waals surface area (Å²) in [6.45, 7) is 3.80. The van der Waals surface area contributed by atoms with Crippen molar-refractivity contribution in [2.24, 2.45) is 5.92 Å². The number of hydrogen-bond donors (Lipinski definition) is 5. The van der Waals surface area contributed by atoms with Crippen molar-refractivity contribution in [1.29, 1.82) is 0 Å². The monoisotopic (exact) mass is 701 g/mol. The van der Waals surface area contributed by atoms with Gasteiger partial charge >= 0.3 is 6.03 Å². The largest absolute Gasteiger partial charge is 0.508 e. The van der Waals surface area contributed by atoms with Gasteiger partial charge in [0, 0.05) is 37.7 Å². The van der Waals surface area contributed by atoms with Gasteiger partial charge in [-0.2, -0.15) is 0 Å². The number of nitrogens with zero attached hydrogens (tertiary/aromatic N) is 1. The summed E-state index contributed by atoms with van der Waals surface area (Å²) in [6, 6.07) is 40.2. The number of aromatic hydroxyl groups is 1. The second kappa shape index (κ2) is 17.5. The maximum atomic E-state index is 12.6. The Balaban J connectivity index is 1.16. The van der Waals surface area contributed by atoms with E-state index in [2.05, 4.69) is 17.6 Å². The van der Waals surface area contributed by atoms with Crippen LogP contribution in [-0.2, 0) is 29.2 Å². The molecule has 0 unspecified atom stereocenters. The molecule has 0 bridgehead atoms. The summed E-state index contributed by atoms with van der Waals surface area (Å²) in [5, 5.41) is 36.3. The first-order valence-corrected chi connectivity index (χ1v) is 17.7. The summed E-state index contributed by atoms with van der Waals surface area (Å²) in [6.07, 6.45) is -1.94. The first-order valence-electron chi connectivity index (χ1n) is 17.7. The highest BCUT2D eigenvalue weighted by Gasteiger charge is 2.39. The van der Waals surface area contributed by atoms with E-state index >= 15 is 0 Å². The smallest absolute Gasteiger partial charge is 0.315 e. The number of urea groups is 1. The van der Waals surface area contributed by atoms with E-state index in [9.17, 15) is 20.1 Å². The van der Waals surface area contributed by atoms with Gasteiger partial charge in [-0.3, -0.25) is 0 Å². The Morgan fingerprint density at radius 1 is 0.788 bits per heavy atom. The van der Waals surface area contributed by atoms with Crippen molar-refractivity contribution in [1.82, 2.24) is 15.5 Å². The molecule has 2 amide bonds. The van der Waals surface area contributed by atoms with E-state index in [-0.39, 0.29) is 36.5 Å². The second-order valence-corrected chi connectivity index (χ2v) is 13.5. The predicted molar refractivity (Wildman–Crippen MR) is 201 cm³/mol. The van der Waals surface area contributed by atoms with E-state index in [0.29, 0.717) is 31.7 Å². The molecule has 5 N–H and O–H groups in total. The number of likely N-dealkylation sites (N-methyl/N-ethyl adjacent to an activating group) is 1. The fourth-order valence-corrected chi connectivity index (χ4v) is 6.63. The lowest BCUT2D eigenvalue weighted by Crippen LogP contribution is -2.44. The molecule has 0 aliphatic carbocycles. The van der Waals surface area contributed by atoms with Crippen LogP contribution < -0.4 is 10.6 Å². The number of amides is 2. The molecule has 5 atom stereocenters. The summed E-state index contributed by atoms with van der Waals surface area (Å²) in [7, 11) is 1.95. The molecule has 1 fully saturated rings. The standard InChI is InChI=1S/C43H47N3O6/c1-29-40(27-46(2)26-39(49)35-12-8-13-37(48)23-35)51-42(52-41(29)33-17-15-31(28-47)16-18-33)34-21-19-32(20-22-34)38-14-7-6-11-36(38)25-45-43(50)44-24-30-9-4-3-5-10-30/h3-23,29,39-42,47-49H,24-28H2,1-2H3,(H2,44,45,50)/t29-,39+,40+,41+,42+/m0/s1. The number of benzene rings is 5. The van der Waals surface area contributed by atoms with Crippen molar-refractivity contribution in [2.45, 2.75) is 51.2 Å². The van der Waals surface area contributed by atoms with Crippen molar-refractivity contribution in [3.05, 3.63) is 161 Å². The number of carbonyl (C=O) groups excluding carboxylic acids is 1. The molecule has 0 aromatic heterocycles. The highest BCUT2D eigenvalue weighted by Crippen LogP contribution is 2.42. The van der Waals surface area contributed by atoms with E-state index in [4.69, 9.17) is 9.47 Å². The van der Waals surface area contributed by atoms with Gasteiger partial charge in [-0.25, -0.2) is 4.79 Å². The highest BCUT2D eigenvalue weighted by atomic mass is 16.7. The number of ether oxygens (including phenoxy) is 2. The topological polar surface area (TPSA) is 124 Å². The Kier molecular flexibility index (Phi) is 12.3.